The summed E-state index contributed by atoms with van der Waals surface area (Å²) in [5.74, 6) is 2.15. The molecular weight excluding hydrogens is 380 g/mol. The third kappa shape index (κ3) is 3.89. The third-order valence-electron chi connectivity index (χ3n) is 5.57. The van der Waals surface area contributed by atoms with Crippen molar-refractivity contribution >= 4 is 5.69 Å². The van der Waals surface area contributed by atoms with Crippen molar-refractivity contribution in [3.05, 3.63) is 69.1 Å². The second-order valence-electron chi connectivity index (χ2n) is 7.55. The first-order valence-corrected chi connectivity index (χ1v) is 9.90. The lowest BCUT2D eigenvalue weighted by Crippen LogP contribution is -2.35. The molecule has 1 aromatic heterocycles. The van der Waals surface area contributed by atoms with E-state index in [4.69, 9.17) is 20.2 Å². The molecule has 0 amide bonds. The van der Waals surface area contributed by atoms with Gasteiger partial charge in [0.05, 0.1) is 25.5 Å². The predicted molar refractivity (Wildman–Crippen MR) is 117 cm³/mol. The number of nitrogens with zero attached hydrogens (tertiary/aromatic N) is 2. The van der Waals surface area contributed by atoms with E-state index in [1.54, 1.807) is 26.4 Å². The van der Waals surface area contributed by atoms with E-state index >= 15 is 0 Å². The van der Waals surface area contributed by atoms with E-state index < -0.39 is 0 Å². The smallest absolute Gasteiger partial charge is 0.255 e. The fraction of sp³-hybridized carbons (Fsp3) is 0.304. The maximum atomic E-state index is 12.8. The largest absolute Gasteiger partial charge is 0.497 e. The van der Waals surface area contributed by atoms with Crippen LogP contribution in [0.2, 0.25) is 0 Å². The number of rotatable bonds is 5. The highest BCUT2D eigenvalue weighted by Gasteiger charge is 2.23. The summed E-state index contributed by atoms with van der Waals surface area (Å²) in [6.45, 7) is 4.11. The Morgan fingerprint density at radius 1 is 1.17 bits per heavy atom. The number of nitrogen functional groups attached to an aromatic ring is 1. The molecule has 0 atom stereocenters. The lowest BCUT2D eigenvalue weighted by atomic mass is 10.0. The van der Waals surface area contributed by atoms with Gasteiger partial charge >= 0.3 is 0 Å². The summed E-state index contributed by atoms with van der Waals surface area (Å²) in [5, 5.41) is 0. The van der Waals surface area contributed by atoms with Gasteiger partial charge in [-0.15, -0.1) is 0 Å². The van der Waals surface area contributed by atoms with Crippen molar-refractivity contribution in [3.63, 3.8) is 0 Å². The fourth-order valence-corrected chi connectivity index (χ4v) is 3.87. The first-order valence-electron chi connectivity index (χ1n) is 9.90. The zero-order valence-corrected chi connectivity index (χ0v) is 17.5. The molecule has 1 aliphatic rings. The molecular formula is C23H26N4O3. The van der Waals surface area contributed by atoms with Crippen molar-refractivity contribution in [1.29, 1.82) is 0 Å². The average Bonchev–Trinajstić information content (AvgIpc) is 2.75. The molecule has 0 spiro atoms. The summed E-state index contributed by atoms with van der Waals surface area (Å²) >= 11 is 0. The highest BCUT2D eigenvalue weighted by atomic mass is 16.5. The molecule has 0 saturated heterocycles. The zero-order chi connectivity index (χ0) is 21.3. The molecule has 3 aromatic rings. The lowest BCUT2D eigenvalue weighted by Gasteiger charge is -2.29. The molecule has 0 aliphatic carbocycles. The first kappa shape index (κ1) is 20.0. The number of aromatic amines is 1. The number of methoxy groups -OCH3 is 2. The molecule has 7 nitrogen and oxygen atoms in total. The van der Waals surface area contributed by atoms with Gasteiger partial charge in [-0.1, -0.05) is 0 Å². The van der Waals surface area contributed by atoms with Crippen LogP contribution in [0.15, 0.2) is 41.2 Å². The maximum absolute atomic E-state index is 12.8. The molecule has 156 valence electrons. The maximum Gasteiger partial charge on any atom is 0.255 e. The van der Waals surface area contributed by atoms with Crippen LogP contribution in [0.1, 0.15) is 22.4 Å². The molecule has 2 heterocycles. The molecule has 0 saturated carbocycles. The van der Waals surface area contributed by atoms with Crippen LogP contribution in [0.3, 0.4) is 0 Å². The molecule has 7 heteroatoms. The van der Waals surface area contributed by atoms with Crippen LogP contribution >= 0.6 is 0 Å². The van der Waals surface area contributed by atoms with Crippen LogP contribution in [0.5, 0.6) is 11.5 Å². The number of nitrogens with two attached hydrogens (primary N) is 1. The Morgan fingerprint density at radius 2 is 1.93 bits per heavy atom. The van der Waals surface area contributed by atoms with Crippen molar-refractivity contribution in [2.75, 3.05) is 26.5 Å². The van der Waals surface area contributed by atoms with Crippen molar-refractivity contribution in [2.24, 2.45) is 0 Å². The van der Waals surface area contributed by atoms with Crippen LogP contribution < -0.4 is 20.8 Å². The van der Waals surface area contributed by atoms with Gasteiger partial charge in [-0.2, -0.15) is 0 Å². The van der Waals surface area contributed by atoms with E-state index in [-0.39, 0.29) is 5.56 Å². The molecule has 4 rings (SSSR count). The summed E-state index contributed by atoms with van der Waals surface area (Å²) in [4.78, 5) is 22.7. The molecule has 0 bridgehead atoms. The SMILES string of the molecule is COc1cc(C)c(CN2CCc3nc(-c4ccc(N)cc4)[nH]c(=O)c3C2)c(OC)c1. The second kappa shape index (κ2) is 8.20. The van der Waals surface area contributed by atoms with Crippen molar-refractivity contribution in [2.45, 2.75) is 26.4 Å². The standard InChI is InChI=1S/C23H26N4O3/c1-14-10-17(29-2)11-21(30-3)18(14)12-27-9-8-20-19(13-27)23(28)26-22(25-20)15-4-6-16(24)7-5-15/h4-7,10-11H,8-9,12-13,24H2,1-3H3,(H,25,26,28). The normalized spacial score (nSPS) is 13.7. The monoisotopic (exact) mass is 406 g/mol. The first-order chi connectivity index (χ1) is 14.5. The van der Waals surface area contributed by atoms with Gasteiger partial charge in [-0.05, 0) is 42.8 Å². The van der Waals surface area contributed by atoms with Crippen molar-refractivity contribution in [3.8, 4) is 22.9 Å². The minimum absolute atomic E-state index is 0.0880. The van der Waals surface area contributed by atoms with Gasteiger partial charge in [0.15, 0.2) is 0 Å². The molecule has 2 aromatic carbocycles. The number of ether oxygens (including phenoxy) is 2. The van der Waals surface area contributed by atoms with Gasteiger partial charge in [0.25, 0.3) is 5.56 Å². The van der Waals surface area contributed by atoms with E-state index in [0.29, 0.717) is 24.6 Å². The zero-order valence-electron chi connectivity index (χ0n) is 17.5. The second-order valence-corrected chi connectivity index (χ2v) is 7.55. The fourth-order valence-electron chi connectivity index (χ4n) is 3.87. The Bertz CT molecular complexity index is 1120. The summed E-state index contributed by atoms with van der Waals surface area (Å²) in [6, 6.07) is 11.3. The Morgan fingerprint density at radius 3 is 2.63 bits per heavy atom. The highest BCUT2D eigenvalue weighted by molar-refractivity contribution is 5.58. The number of anilines is 1. The minimum atomic E-state index is -0.0880. The van der Waals surface area contributed by atoms with E-state index in [2.05, 4.69) is 9.88 Å². The van der Waals surface area contributed by atoms with Crippen LogP contribution in [0.25, 0.3) is 11.4 Å². The van der Waals surface area contributed by atoms with Crippen LogP contribution in [-0.4, -0.2) is 35.6 Å². The van der Waals surface area contributed by atoms with E-state index in [9.17, 15) is 4.79 Å². The molecule has 0 radical (unpaired) electrons. The number of nitrogens with one attached hydrogen (secondary N) is 1. The predicted octanol–water partition coefficient (Wildman–Crippen LogP) is 2.90. The number of aryl methyl sites for hydroxylation is 1. The van der Waals surface area contributed by atoms with Gasteiger partial charge in [-0.25, -0.2) is 4.98 Å². The van der Waals surface area contributed by atoms with Crippen molar-refractivity contribution in [1.82, 2.24) is 14.9 Å². The summed E-state index contributed by atoms with van der Waals surface area (Å²) in [7, 11) is 3.31. The quantitative estimate of drug-likeness (QED) is 0.633. The molecule has 0 fully saturated rings. The number of hydrogen-bond acceptors (Lipinski definition) is 6. The van der Waals surface area contributed by atoms with Gasteiger partial charge in [0, 0.05) is 48.9 Å². The van der Waals surface area contributed by atoms with Crippen LogP contribution in [0.4, 0.5) is 5.69 Å². The third-order valence-corrected chi connectivity index (χ3v) is 5.57. The molecule has 1 aliphatic heterocycles. The Hall–Kier alpha value is -3.32. The summed E-state index contributed by atoms with van der Waals surface area (Å²) in [6.07, 6.45) is 0.721. The highest BCUT2D eigenvalue weighted by Crippen LogP contribution is 2.30. The minimum Gasteiger partial charge on any atom is -0.497 e. The lowest BCUT2D eigenvalue weighted by molar-refractivity contribution is 0.237. The van der Waals surface area contributed by atoms with Gasteiger partial charge < -0.3 is 20.2 Å². The van der Waals surface area contributed by atoms with Crippen LogP contribution in [0, 0.1) is 6.92 Å². The number of benzene rings is 2. The molecule has 3 N–H and O–H groups in total. The van der Waals surface area contributed by atoms with E-state index in [1.165, 1.54) is 0 Å². The summed E-state index contributed by atoms with van der Waals surface area (Å²) < 4.78 is 10.9. The molecule has 30 heavy (non-hydrogen) atoms. The molecule has 0 unspecified atom stereocenters. The van der Waals surface area contributed by atoms with Gasteiger partial charge in [0.1, 0.15) is 17.3 Å². The van der Waals surface area contributed by atoms with Crippen molar-refractivity contribution < 1.29 is 9.47 Å². The number of H-pyrrole nitrogens is 1. The van der Waals surface area contributed by atoms with Gasteiger partial charge in [-0.3, -0.25) is 9.69 Å². The van der Waals surface area contributed by atoms with Gasteiger partial charge in [0.2, 0.25) is 0 Å². The Kier molecular flexibility index (Phi) is 5.46. The number of aromatic nitrogens is 2. The Balaban J connectivity index is 1.59. The number of hydrogen-bond donors (Lipinski definition) is 2. The topological polar surface area (TPSA) is 93.5 Å². The van der Waals surface area contributed by atoms with E-state index in [0.717, 1.165) is 52.4 Å². The van der Waals surface area contributed by atoms with E-state index in [1.807, 2.05) is 31.2 Å². The number of fused-ring (bicyclic) bond motifs is 1. The Labute approximate surface area is 175 Å². The average molecular weight is 406 g/mol. The summed E-state index contributed by atoms with van der Waals surface area (Å²) in [5.41, 5.74) is 11.0. The van der Waals surface area contributed by atoms with Crippen LogP contribution in [-0.2, 0) is 19.5 Å².